The Morgan fingerprint density at radius 3 is 2.57 bits per heavy atom. The molecule has 0 spiro atoms. The molecule has 0 saturated carbocycles. The standard InChI is InChI=1S/C17H13ClN2O/c1-11-6-8-15(14(18)10-11)19-20-17-13-5-3-2-4-12(13)7-9-16(17)21/h2-10,21H,1H3. The Morgan fingerprint density at radius 1 is 0.952 bits per heavy atom. The summed E-state index contributed by atoms with van der Waals surface area (Å²) in [4.78, 5) is 0. The quantitative estimate of drug-likeness (QED) is 0.586. The first-order valence-corrected chi connectivity index (χ1v) is 6.91. The van der Waals surface area contributed by atoms with E-state index < -0.39 is 0 Å². The third-order valence-electron chi connectivity index (χ3n) is 3.24. The summed E-state index contributed by atoms with van der Waals surface area (Å²) in [6.07, 6.45) is 0. The summed E-state index contributed by atoms with van der Waals surface area (Å²) in [5.74, 6) is 0.0979. The summed E-state index contributed by atoms with van der Waals surface area (Å²) in [6.45, 7) is 1.96. The van der Waals surface area contributed by atoms with E-state index in [0.29, 0.717) is 16.4 Å². The summed E-state index contributed by atoms with van der Waals surface area (Å²) < 4.78 is 0. The van der Waals surface area contributed by atoms with E-state index in [1.165, 1.54) is 0 Å². The summed E-state index contributed by atoms with van der Waals surface area (Å²) in [5.41, 5.74) is 2.09. The van der Waals surface area contributed by atoms with Crippen LogP contribution < -0.4 is 0 Å². The fourth-order valence-electron chi connectivity index (χ4n) is 2.15. The van der Waals surface area contributed by atoms with Crippen LogP contribution in [0.25, 0.3) is 10.8 Å². The topological polar surface area (TPSA) is 45.0 Å². The number of hydrogen-bond acceptors (Lipinski definition) is 3. The van der Waals surface area contributed by atoms with Gasteiger partial charge in [0, 0.05) is 5.39 Å². The van der Waals surface area contributed by atoms with Crippen molar-refractivity contribution < 1.29 is 5.11 Å². The molecule has 0 aromatic heterocycles. The number of phenols is 1. The van der Waals surface area contributed by atoms with Crippen molar-refractivity contribution in [2.75, 3.05) is 0 Å². The molecule has 3 rings (SSSR count). The Labute approximate surface area is 127 Å². The van der Waals surface area contributed by atoms with E-state index in [0.717, 1.165) is 16.3 Å². The van der Waals surface area contributed by atoms with Gasteiger partial charge in [-0.25, -0.2) is 0 Å². The van der Waals surface area contributed by atoms with Crippen molar-refractivity contribution in [3.63, 3.8) is 0 Å². The van der Waals surface area contributed by atoms with Gasteiger partial charge in [-0.3, -0.25) is 0 Å². The average Bonchev–Trinajstić information content (AvgIpc) is 2.48. The van der Waals surface area contributed by atoms with Crippen molar-refractivity contribution in [3.05, 3.63) is 65.2 Å². The van der Waals surface area contributed by atoms with Gasteiger partial charge in [0.15, 0.2) is 0 Å². The molecule has 0 saturated heterocycles. The first-order chi connectivity index (χ1) is 10.1. The third-order valence-corrected chi connectivity index (χ3v) is 3.54. The highest BCUT2D eigenvalue weighted by atomic mass is 35.5. The molecule has 21 heavy (non-hydrogen) atoms. The lowest BCUT2D eigenvalue weighted by molar-refractivity contribution is 0.477. The lowest BCUT2D eigenvalue weighted by atomic mass is 10.1. The van der Waals surface area contributed by atoms with Crippen molar-refractivity contribution in [2.45, 2.75) is 6.92 Å². The minimum atomic E-state index is 0.0979. The summed E-state index contributed by atoms with van der Waals surface area (Å²) in [6, 6.07) is 16.7. The second-order valence-corrected chi connectivity index (χ2v) is 5.22. The maximum Gasteiger partial charge on any atom is 0.143 e. The molecule has 0 atom stereocenters. The minimum absolute atomic E-state index is 0.0979. The maximum absolute atomic E-state index is 10.0. The van der Waals surface area contributed by atoms with E-state index >= 15 is 0 Å². The number of nitrogens with zero attached hydrogens (tertiary/aromatic N) is 2. The lowest BCUT2D eigenvalue weighted by Gasteiger charge is -2.04. The van der Waals surface area contributed by atoms with Crippen LogP contribution in [-0.4, -0.2) is 5.11 Å². The van der Waals surface area contributed by atoms with Gasteiger partial charge in [0.1, 0.15) is 17.1 Å². The molecular weight excluding hydrogens is 284 g/mol. The van der Waals surface area contributed by atoms with Crippen LogP contribution in [0.2, 0.25) is 5.02 Å². The van der Waals surface area contributed by atoms with Crippen LogP contribution in [0.15, 0.2) is 64.8 Å². The molecule has 0 fully saturated rings. The number of rotatable bonds is 2. The zero-order valence-corrected chi connectivity index (χ0v) is 12.2. The van der Waals surface area contributed by atoms with Gasteiger partial charge in [-0.1, -0.05) is 48.0 Å². The second-order valence-electron chi connectivity index (χ2n) is 4.81. The number of aromatic hydroxyl groups is 1. The van der Waals surface area contributed by atoms with E-state index in [2.05, 4.69) is 10.2 Å². The van der Waals surface area contributed by atoms with Gasteiger partial charge in [-0.15, -0.1) is 10.2 Å². The molecule has 4 heteroatoms. The minimum Gasteiger partial charge on any atom is -0.506 e. The van der Waals surface area contributed by atoms with Crippen LogP contribution in [0.5, 0.6) is 5.75 Å². The van der Waals surface area contributed by atoms with Crippen molar-refractivity contribution in [2.24, 2.45) is 10.2 Å². The zero-order chi connectivity index (χ0) is 14.8. The predicted octanol–water partition coefficient (Wildman–Crippen LogP) is 5.92. The van der Waals surface area contributed by atoms with Gasteiger partial charge in [-0.05, 0) is 36.1 Å². The fraction of sp³-hybridized carbons (Fsp3) is 0.0588. The number of benzene rings is 3. The molecule has 0 heterocycles. The van der Waals surface area contributed by atoms with Gasteiger partial charge >= 0.3 is 0 Å². The Kier molecular flexibility index (Phi) is 3.59. The third kappa shape index (κ3) is 2.73. The number of phenolic OH excluding ortho intramolecular Hbond substituents is 1. The van der Waals surface area contributed by atoms with E-state index in [1.807, 2.05) is 55.5 Å². The summed E-state index contributed by atoms with van der Waals surface area (Å²) in [7, 11) is 0. The molecule has 0 bridgehead atoms. The normalized spacial score (nSPS) is 11.3. The predicted molar refractivity (Wildman–Crippen MR) is 86.0 cm³/mol. The average molecular weight is 297 g/mol. The van der Waals surface area contributed by atoms with Crippen LogP contribution >= 0.6 is 11.6 Å². The Balaban J connectivity index is 2.09. The molecule has 0 aliphatic carbocycles. The molecule has 0 aliphatic heterocycles. The lowest BCUT2D eigenvalue weighted by Crippen LogP contribution is -1.75. The van der Waals surface area contributed by atoms with Crippen molar-refractivity contribution in [1.82, 2.24) is 0 Å². The maximum atomic E-state index is 10.0. The largest absolute Gasteiger partial charge is 0.506 e. The molecule has 1 N–H and O–H groups in total. The molecular formula is C17H13ClN2O. The summed E-state index contributed by atoms with van der Waals surface area (Å²) >= 11 is 6.14. The highest BCUT2D eigenvalue weighted by Crippen LogP contribution is 2.36. The molecule has 3 aromatic carbocycles. The molecule has 3 nitrogen and oxygen atoms in total. The molecule has 0 aliphatic rings. The van der Waals surface area contributed by atoms with E-state index in [4.69, 9.17) is 11.6 Å². The van der Waals surface area contributed by atoms with Gasteiger partial charge < -0.3 is 5.11 Å². The Morgan fingerprint density at radius 2 is 1.76 bits per heavy atom. The van der Waals surface area contributed by atoms with Crippen LogP contribution in [0.4, 0.5) is 11.4 Å². The fourth-order valence-corrected chi connectivity index (χ4v) is 2.42. The van der Waals surface area contributed by atoms with Gasteiger partial charge in [-0.2, -0.15) is 0 Å². The molecule has 104 valence electrons. The summed E-state index contributed by atoms with van der Waals surface area (Å²) in [5, 5.41) is 20.8. The molecule has 0 radical (unpaired) electrons. The van der Waals surface area contributed by atoms with Gasteiger partial charge in [0.2, 0.25) is 0 Å². The number of hydrogen-bond donors (Lipinski definition) is 1. The Bertz CT molecular complexity index is 843. The Hall–Kier alpha value is -2.39. The van der Waals surface area contributed by atoms with Gasteiger partial charge in [0.25, 0.3) is 0 Å². The van der Waals surface area contributed by atoms with E-state index in [-0.39, 0.29) is 5.75 Å². The SMILES string of the molecule is Cc1ccc(N=Nc2c(O)ccc3ccccc23)c(Cl)c1. The first kappa shape index (κ1) is 13.6. The number of halogens is 1. The first-order valence-electron chi connectivity index (χ1n) is 6.54. The van der Waals surface area contributed by atoms with Crippen molar-refractivity contribution in [1.29, 1.82) is 0 Å². The smallest absolute Gasteiger partial charge is 0.143 e. The number of fused-ring (bicyclic) bond motifs is 1. The van der Waals surface area contributed by atoms with Gasteiger partial charge in [0.05, 0.1) is 5.02 Å². The van der Waals surface area contributed by atoms with Crippen LogP contribution in [0, 0.1) is 6.92 Å². The zero-order valence-electron chi connectivity index (χ0n) is 11.4. The molecule has 3 aromatic rings. The number of azo groups is 1. The molecule has 0 amide bonds. The van der Waals surface area contributed by atoms with Crippen molar-refractivity contribution >= 4 is 33.7 Å². The van der Waals surface area contributed by atoms with Crippen LogP contribution in [0.3, 0.4) is 0 Å². The van der Waals surface area contributed by atoms with E-state index in [9.17, 15) is 5.11 Å². The number of aryl methyl sites for hydroxylation is 1. The van der Waals surface area contributed by atoms with Crippen LogP contribution in [0.1, 0.15) is 5.56 Å². The monoisotopic (exact) mass is 296 g/mol. The van der Waals surface area contributed by atoms with Crippen molar-refractivity contribution in [3.8, 4) is 5.75 Å². The highest BCUT2D eigenvalue weighted by Gasteiger charge is 2.06. The second kappa shape index (κ2) is 5.54. The molecule has 0 unspecified atom stereocenters. The van der Waals surface area contributed by atoms with Crippen LogP contribution in [-0.2, 0) is 0 Å². The highest BCUT2D eigenvalue weighted by molar-refractivity contribution is 6.33. The van der Waals surface area contributed by atoms with E-state index in [1.54, 1.807) is 6.07 Å².